The van der Waals surface area contributed by atoms with Crippen LogP contribution in [0.2, 0.25) is 0 Å². The minimum Gasteiger partial charge on any atom is -0.497 e. The first-order valence-corrected chi connectivity index (χ1v) is 14.4. The lowest BCUT2D eigenvalue weighted by Gasteiger charge is -2.25. The van der Waals surface area contributed by atoms with Gasteiger partial charge in [-0.25, -0.2) is 14.6 Å². The number of fused-ring (bicyclic) bond motifs is 1. The van der Waals surface area contributed by atoms with E-state index in [0.717, 1.165) is 16.7 Å². The molecule has 0 fully saturated rings. The Morgan fingerprint density at radius 3 is 2.40 bits per heavy atom. The molecule has 0 amide bonds. The molecule has 43 heavy (non-hydrogen) atoms. The van der Waals surface area contributed by atoms with E-state index >= 15 is 0 Å². The summed E-state index contributed by atoms with van der Waals surface area (Å²) < 4.78 is 18.7. The fourth-order valence-corrected chi connectivity index (χ4v) is 5.78. The minimum absolute atomic E-state index is 0.200. The van der Waals surface area contributed by atoms with Crippen LogP contribution in [0, 0.1) is 0 Å². The van der Waals surface area contributed by atoms with Crippen LogP contribution in [-0.4, -0.2) is 34.8 Å². The van der Waals surface area contributed by atoms with Crippen molar-refractivity contribution in [3.8, 4) is 11.5 Å². The molecular weight excluding hydrogens is 568 g/mol. The molecule has 1 aliphatic heterocycles. The van der Waals surface area contributed by atoms with Crippen molar-refractivity contribution in [3.63, 3.8) is 0 Å². The van der Waals surface area contributed by atoms with Crippen LogP contribution in [0.5, 0.6) is 11.5 Å². The number of nitrogens with zero attached hydrogens (tertiary/aromatic N) is 2. The van der Waals surface area contributed by atoms with Crippen molar-refractivity contribution in [1.82, 2.24) is 4.57 Å². The van der Waals surface area contributed by atoms with Crippen LogP contribution in [0.25, 0.3) is 6.08 Å². The summed E-state index contributed by atoms with van der Waals surface area (Å²) in [6.45, 7) is 5.52. The van der Waals surface area contributed by atoms with Crippen molar-refractivity contribution in [3.05, 3.63) is 126 Å². The van der Waals surface area contributed by atoms with Crippen molar-refractivity contribution in [2.24, 2.45) is 4.99 Å². The molecule has 1 aliphatic rings. The predicted molar refractivity (Wildman–Crippen MR) is 162 cm³/mol. The number of hydrogen-bond donors (Lipinski definition) is 1. The Bertz CT molecular complexity index is 1890. The molecule has 9 nitrogen and oxygen atoms in total. The standard InChI is InChI=1S/C33H30N2O7S/c1-19(2)42-32(39)28-20(3)34-33-35(29(28)23-10-14-25(40-4)15-11-23)30(36)27(43-33)17-21-8-12-26(13-9-21)41-18-22-6-5-7-24(16-22)31(37)38/h5-17,19,29H,18H2,1-4H3,(H,37,38)/b27-17-/t29-/m1/s1. The highest BCUT2D eigenvalue weighted by atomic mass is 32.1. The average Bonchev–Trinajstić information content (AvgIpc) is 3.29. The molecule has 5 rings (SSSR count). The number of carbonyl (C=O) groups is 2. The van der Waals surface area contributed by atoms with Gasteiger partial charge in [-0.3, -0.25) is 9.36 Å². The Labute approximate surface area is 251 Å². The molecule has 220 valence electrons. The molecule has 0 saturated heterocycles. The molecule has 0 radical (unpaired) electrons. The first-order valence-electron chi connectivity index (χ1n) is 13.6. The summed E-state index contributed by atoms with van der Waals surface area (Å²) in [7, 11) is 1.58. The van der Waals surface area contributed by atoms with E-state index in [1.165, 1.54) is 17.4 Å². The first kappa shape index (κ1) is 29.5. The van der Waals surface area contributed by atoms with Crippen molar-refractivity contribution in [2.45, 2.75) is 39.5 Å². The molecule has 1 atom stereocenters. The molecule has 0 spiro atoms. The van der Waals surface area contributed by atoms with Gasteiger partial charge in [0.05, 0.1) is 40.6 Å². The third-order valence-electron chi connectivity index (χ3n) is 6.77. The van der Waals surface area contributed by atoms with Crippen LogP contribution in [0.3, 0.4) is 0 Å². The number of carbonyl (C=O) groups excluding carboxylic acids is 1. The Morgan fingerprint density at radius 2 is 1.74 bits per heavy atom. The monoisotopic (exact) mass is 598 g/mol. The van der Waals surface area contributed by atoms with Gasteiger partial charge in [0.15, 0.2) is 4.80 Å². The lowest BCUT2D eigenvalue weighted by Crippen LogP contribution is -2.40. The maximum atomic E-state index is 13.8. The van der Waals surface area contributed by atoms with Crippen LogP contribution in [0.4, 0.5) is 0 Å². The Kier molecular flexibility index (Phi) is 8.58. The van der Waals surface area contributed by atoms with E-state index in [0.29, 0.717) is 32.1 Å². The van der Waals surface area contributed by atoms with E-state index in [4.69, 9.17) is 14.2 Å². The van der Waals surface area contributed by atoms with Gasteiger partial charge in [-0.2, -0.15) is 0 Å². The molecule has 3 aromatic carbocycles. The van der Waals surface area contributed by atoms with Crippen molar-refractivity contribution >= 4 is 29.4 Å². The number of carboxylic acid groups (broad SMARTS) is 1. The molecule has 0 bridgehead atoms. The number of methoxy groups -OCH3 is 1. The van der Waals surface area contributed by atoms with Crippen LogP contribution in [0.15, 0.2) is 93.9 Å². The molecule has 2 heterocycles. The van der Waals surface area contributed by atoms with E-state index in [1.54, 1.807) is 81.0 Å². The molecule has 1 N–H and O–H groups in total. The second kappa shape index (κ2) is 12.5. The summed E-state index contributed by atoms with van der Waals surface area (Å²) in [5.74, 6) is -0.252. The van der Waals surface area contributed by atoms with E-state index in [2.05, 4.69) is 4.99 Å². The van der Waals surface area contributed by atoms with Gasteiger partial charge in [0.25, 0.3) is 5.56 Å². The number of rotatable bonds is 9. The van der Waals surface area contributed by atoms with Gasteiger partial charge in [0.1, 0.15) is 18.1 Å². The Balaban J connectivity index is 1.47. The van der Waals surface area contributed by atoms with E-state index in [1.807, 2.05) is 24.3 Å². The van der Waals surface area contributed by atoms with Crippen molar-refractivity contribution < 1.29 is 28.9 Å². The van der Waals surface area contributed by atoms with Gasteiger partial charge in [-0.1, -0.05) is 47.7 Å². The Morgan fingerprint density at radius 1 is 1.05 bits per heavy atom. The molecule has 10 heteroatoms. The molecule has 0 saturated carbocycles. The van der Waals surface area contributed by atoms with E-state index in [9.17, 15) is 19.5 Å². The third kappa shape index (κ3) is 6.44. The lowest BCUT2D eigenvalue weighted by molar-refractivity contribution is -0.143. The number of carboxylic acids is 1. The highest BCUT2D eigenvalue weighted by Gasteiger charge is 2.33. The van der Waals surface area contributed by atoms with Gasteiger partial charge in [-0.15, -0.1) is 0 Å². The maximum absolute atomic E-state index is 13.8. The topological polar surface area (TPSA) is 116 Å². The number of esters is 1. The Hall–Kier alpha value is -4.96. The summed E-state index contributed by atoms with van der Waals surface area (Å²) >= 11 is 1.25. The molecule has 0 aliphatic carbocycles. The largest absolute Gasteiger partial charge is 0.497 e. The molecule has 1 aromatic heterocycles. The van der Waals surface area contributed by atoms with Crippen molar-refractivity contribution in [1.29, 1.82) is 0 Å². The fraction of sp³-hybridized carbons (Fsp3) is 0.212. The number of ether oxygens (including phenoxy) is 3. The van der Waals surface area contributed by atoms with Gasteiger partial charge < -0.3 is 19.3 Å². The zero-order valence-corrected chi connectivity index (χ0v) is 24.9. The lowest BCUT2D eigenvalue weighted by atomic mass is 9.96. The zero-order chi connectivity index (χ0) is 30.7. The van der Waals surface area contributed by atoms with Crippen molar-refractivity contribution in [2.75, 3.05) is 7.11 Å². The summed E-state index contributed by atoms with van der Waals surface area (Å²) in [5, 5.41) is 9.19. The summed E-state index contributed by atoms with van der Waals surface area (Å²) in [6.07, 6.45) is 1.44. The zero-order valence-electron chi connectivity index (χ0n) is 24.1. The number of benzene rings is 3. The summed E-state index contributed by atoms with van der Waals surface area (Å²) in [4.78, 5) is 43.4. The average molecular weight is 599 g/mol. The quantitative estimate of drug-likeness (QED) is 0.283. The van der Waals surface area contributed by atoms with Gasteiger partial charge in [0.2, 0.25) is 0 Å². The number of aromatic nitrogens is 1. The van der Waals surface area contributed by atoms with Crippen LogP contribution < -0.4 is 24.4 Å². The number of thiazole rings is 1. The SMILES string of the molecule is COc1ccc([C@@H]2C(C(=O)OC(C)C)=C(C)N=c3s/c(=C\c4ccc(OCc5cccc(C(=O)O)c5)cc4)c(=O)n32)cc1. The third-order valence-corrected chi connectivity index (χ3v) is 7.76. The van der Waals surface area contributed by atoms with E-state index in [-0.39, 0.29) is 23.8 Å². The van der Waals surface area contributed by atoms with E-state index < -0.39 is 18.0 Å². The van der Waals surface area contributed by atoms with Crippen LogP contribution in [-0.2, 0) is 16.1 Å². The van der Waals surface area contributed by atoms with Gasteiger partial charge in [0, 0.05) is 0 Å². The molecule has 4 aromatic rings. The molecular formula is C33H30N2O7S. The second-order valence-electron chi connectivity index (χ2n) is 10.2. The van der Waals surface area contributed by atoms with Gasteiger partial charge in [-0.05, 0) is 79.9 Å². The van der Waals surface area contributed by atoms with Crippen LogP contribution >= 0.6 is 11.3 Å². The minimum atomic E-state index is -0.992. The first-order chi connectivity index (χ1) is 20.6. The normalized spacial score (nSPS) is 14.7. The maximum Gasteiger partial charge on any atom is 0.338 e. The molecule has 0 unspecified atom stereocenters. The number of aromatic carboxylic acids is 1. The second-order valence-corrected chi connectivity index (χ2v) is 11.2. The number of allylic oxidation sites excluding steroid dienone is 1. The van der Waals surface area contributed by atoms with Crippen LogP contribution in [0.1, 0.15) is 53.9 Å². The fourth-order valence-electron chi connectivity index (χ4n) is 4.73. The smallest absolute Gasteiger partial charge is 0.338 e. The summed E-state index contributed by atoms with van der Waals surface area (Å²) in [6, 6.07) is 20.3. The number of hydrogen-bond acceptors (Lipinski definition) is 8. The summed E-state index contributed by atoms with van der Waals surface area (Å²) in [5.41, 5.74) is 2.98. The predicted octanol–water partition coefficient (Wildman–Crippen LogP) is 4.47. The highest BCUT2D eigenvalue weighted by molar-refractivity contribution is 7.07. The van der Waals surface area contributed by atoms with Gasteiger partial charge >= 0.3 is 11.9 Å². The highest BCUT2D eigenvalue weighted by Crippen LogP contribution is 2.32.